The molecule has 0 aliphatic rings. The van der Waals surface area contributed by atoms with E-state index in [1.165, 1.54) is 22.7 Å². The highest BCUT2D eigenvalue weighted by Crippen LogP contribution is 2.18. The molecule has 2 aromatic heterocycles. The van der Waals surface area contributed by atoms with Gasteiger partial charge in [0.05, 0.1) is 17.9 Å². The first kappa shape index (κ1) is 18.6. The van der Waals surface area contributed by atoms with Crippen molar-refractivity contribution >= 4 is 23.2 Å². The van der Waals surface area contributed by atoms with E-state index in [0.717, 1.165) is 6.42 Å². The number of imidazole rings is 1. The van der Waals surface area contributed by atoms with Gasteiger partial charge in [0, 0.05) is 11.9 Å². The number of aryl methyl sites for hydroxylation is 1. The minimum Gasteiger partial charge on any atom is -0.462 e. The number of carbonyl (C=O) groups is 2. The lowest BCUT2D eigenvalue weighted by Gasteiger charge is -2.08. The molecule has 1 N–H and O–H groups in total. The molecule has 27 heavy (non-hydrogen) atoms. The molecule has 0 unspecified atom stereocenters. The SMILES string of the molecule is CCCOC(=O)c1ccc(NC(=O)c2c(CC)nc3ccc(F)cn23)cc1. The zero-order chi connectivity index (χ0) is 19.4. The maximum atomic E-state index is 13.6. The van der Waals surface area contributed by atoms with Crippen LogP contribution in [0.5, 0.6) is 0 Å². The molecule has 2 heterocycles. The molecule has 0 saturated carbocycles. The van der Waals surface area contributed by atoms with Gasteiger partial charge in [0.1, 0.15) is 17.2 Å². The molecule has 0 fully saturated rings. The van der Waals surface area contributed by atoms with Crippen molar-refractivity contribution in [3.8, 4) is 0 Å². The summed E-state index contributed by atoms with van der Waals surface area (Å²) in [6.07, 6.45) is 2.52. The molecule has 1 amide bonds. The van der Waals surface area contributed by atoms with Crippen molar-refractivity contribution in [2.75, 3.05) is 11.9 Å². The summed E-state index contributed by atoms with van der Waals surface area (Å²) in [7, 11) is 0. The van der Waals surface area contributed by atoms with Crippen LogP contribution in [0.15, 0.2) is 42.6 Å². The third-order valence-corrected chi connectivity index (χ3v) is 4.02. The fourth-order valence-electron chi connectivity index (χ4n) is 2.71. The Bertz CT molecular complexity index is 980. The zero-order valence-corrected chi connectivity index (χ0v) is 15.2. The van der Waals surface area contributed by atoms with Crippen molar-refractivity contribution in [2.24, 2.45) is 0 Å². The Labute approximate surface area is 156 Å². The second-order valence-electron chi connectivity index (χ2n) is 6.00. The van der Waals surface area contributed by atoms with Crippen molar-refractivity contribution in [2.45, 2.75) is 26.7 Å². The molecule has 1 aromatic carbocycles. The predicted octanol–water partition coefficient (Wildman–Crippen LogP) is 3.85. The number of amides is 1. The molecule has 7 heteroatoms. The average Bonchev–Trinajstić information content (AvgIpc) is 3.04. The highest BCUT2D eigenvalue weighted by Gasteiger charge is 2.19. The molecular weight excluding hydrogens is 349 g/mol. The van der Waals surface area contributed by atoms with Gasteiger partial charge >= 0.3 is 5.97 Å². The minimum absolute atomic E-state index is 0.290. The number of ether oxygens (including phenoxy) is 1. The van der Waals surface area contributed by atoms with E-state index in [2.05, 4.69) is 10.3 Å². The normalized spacial score (nSPS) is 10.8. The van der Waals surface area contributed by atoms with Gasteiger partial charge in [-0.05, 0) is 49.2 Å². The van der Waals surface area contributed by atoms with Crippen molar-refractivity contribution in [1.29, 1.82) is 0 Å². The number of anilines is 1. The van der Waals surface area contributed by atoms with Gasteiger partial charge in [0.2, 0.25) is 0 Å². The number of carbonyl (C=O) groups excluding carboxylic acids is 2. The summed E-state index contributed by atoms with van der Waals surface area (Å²) in [4.78, 5) is 29.0. The monoisotopic (exact) mass is 369 g/mol. The number of nitrogens with zero attached hydrogens (tertiary/aromatic N) is 2. The zero-order valence-electron chi connectivity index (χ0n) is 15.2. The van der Waals surface area contributed by atoms with Gasteiger partial charge in [-0.15, -0.1) is 0 Å². The fraction of sp³-hybridized carbons (Fsp3) is 0.250. The van der Waals surface area contributed by atoms with E-state index >= 15 is 0 Å². The number of benzene rings is 1. The van der Waals surface area contributed by atoms with Crippen molar-refractivity contribution in [1.82, 2.24) is 9.38 Å². The van der Waals surface area contributed by atoms with Crippen LogP contribution in [0, 0.1) is 5.82 Å². The predicted molar refractivity (Wildman–Crippen MR) is 99.5 cm³/mol. The summed E-state index contributed by atoms with van der Waals surface area (Å²) < 4.78 is 20.1. The topological polar surface area (TPSA) is 72.7 Å². The first-order valence-corrected chi connectivity index (χ1v) is 8.78. The Hall–Kier alpha value is -3.22. The van der Waals surface area contributed by atoms with E-state index < -0.39 is 17.7 Å². The largest absolute Gasteiger partial charge is 0.462 e. The number of halogens is 1. The molecule has 0 saturated heterocycles. The number of hydrogen-bond donors (Lipinski definition) is 1. The molecule has 3 aromatic rings. The summed E-state index contributed by atoms with van der Waals surface area (Å²) in [5.41, 5.74) is 2.30. The third kappa shape index (κ3) is 3.97. The molecule has 0 aliphatic carbocycles. The van der Waals surface area contributed by atoms with Crippen LogP contribution < -0.4 is 5.32 Å². The summed E-state index contributed by atoms with van der Waals surface area (Å²) in [6.45, 7) is 4.16. The number of hydrogen-bond acceptors (Lipinski definition) is 4. The summed E-state index contributed by atoms with van der Waals surface area (Å²) >= 11 is 0. The van der Waals surface area contributed by atoms with E-state index in [-0.39, 0.29) is 0 Å². The summed E-state index contributed by atoms with van der Waals surface area (Å²) in [5.74, 6) is -1.25. The van der Waals surface area contributed by atoms with Crippen molar-refractivity contribution in [3.05, 3.63) is 65.4 Å². The molecule has 0 spiro atoms. The van der Waals surface area contributed by atoms with E-state index in [0.29, 0.717) is 41.3 Å². The quantitative estimate of drug-likeness (QED) is 0.670. The molecule has 6 nitrogen and oxygen atoms in total. The third-order valence-electron chi connectivity index (χ3n) is 4.02. The van der Waals surface area contributed by atoms with Gasteiger partial charge in [-0.25, -0.2) is 14.2 Å². The lowest BCUT2D eigenvalue weighted by molar-refractivity contribution is 0.0505. The van der Waals surface area contributed by atoms with E-state index in [4.69, 9.17) is 4.74 Å². The van der Waals surface area contributed by atoms with Crippen LogP contribution in [0.4, 0.5) is 10.1 Å². The first-order chi connectivity index (χ1) is 13.0. The van der Waals surface area contributed by atoms with E-state index in [9.17, 15) is 14.0 Å². The highest BCUT2D eigenvalue weighted by molar-refractivity contribution is 6.04. The van der Waals surface area contributed by atoms with Gasteiger partial charge in [0.25, 0.3) is 5.91 Å². The molecule has 0 radical (unpaired) electrons. The average molecular weight is 369 g/mol. The Morgan fingerprint density at radius 2 is 1.89 bits per heavy atom. The molecular formula is C20H20FN3O3. The van der Waals surface area contributed by atoms with Gasteiger partial charge in [-0.1, -0.05) is 13.8 Å². The number of esters is 1. The van der Waals surface area contributed by atoms with Crippen molar-refractivity contribution < 1.29 is 18.7 Å². The van der Waals surface area contributed by atoms with Crippen LogP contribution in [0.2, 0.25) is 0 Å². The molecule has 0 bridgehead atoms. The highest BCUT2D eigenvalue weighted by atomic mass is 19.1. The van der Waals surface area contributed by atoms with Gasteiger partial charge in [0.15, 0.2) is 0 Å². The molecule has 140 valence electrons. The lowest BCUT2D eigenvalue weighted by Crippen LogP contribution is -2.16. The Balaban J connectivity index is 1.82. The summed E-state index contributed by atoms with van der Waals surface area (Å²) in [5, 5.41) is 2.77. The van der Waals surface area contributed by atoms with Crippen molar-refractivity contribution in [3.63, 3.8) is 0 Å². The van der Waals surface area contributed by atoms with Gasteiger partial charge < -0.3 is 10.1 Å². The standard InChI is InChI=1S/C20H20FN3O3/c1-3-11-27-20(26)13-5-8-15(9-6-13)22-19(25)18-16(4-2)23-17-10-7-14(21)12-24(17)18/h5-10,12H,3-4,11H2,1-2H3,(H,22,25). The maximum Gasteiger partial charge on any atom is 0.338 e. The Morgan fingerprint density at radius 1 is 1.15 bits per heavy atom. The second kappa shape index (κ2) is 7.99. The van der Waals surface area contributed by atoms with Crippen LogP contribution in [0.25, 0.3) is 5.65 Å². The van der Waals surface area contributed by atoms with Crippen LogP contribution in [0.3, 0.4) is 0 Å². The number of nitrogens with one attached hydrogen (secondary N) is 1. The lowest BCUT2D eigenvalue weighted by atomic mass is 10.2. The van der Waals surface area contributed by atoms with Gasteiger partial charge in [-0.2, -0.15) is 0 Å². The molecule has 0 aliphatic heterocycles. The number of aromatic nitrogens is 2. The fourth-order valence-corrected chi connectivity index (χ4v) is 2.71. The molecule has 3 rings (SSSR count). The van der Waals surface area contributed by atoms with Crippen LogP contribution in [-0.2, 0) is 11.2 Å². The van der Waals surface area contributed by atoms with E-state index in [1.54, 1.807) is 24.3 Å². The number of rotatable bonds is 6. The summed E-state index contributed by atoms with van der Waals surface area (Å²) in [6, 6.07) is 9.25. The number of fused-ring (bicyclic) bond motifs is 1. The molecule has 0 atom stereocenters. The number of pyridine rings is 1. The van der Waals surface area contributed by atoms with Crippen LogP contribution in [-0.4, -0.2) is 27.9 Å². The Morgan fingerprint density at radius 3 is 2.56 bits per heavy atom. The Kier molecular flexibility index (Phi) is 5.49. The smallest absolute Gasteiger partial charge is 0.338 e. The maximum absolute atomic E-state index is 13.6. The first-order valence-electron chi connectivity index (χ1n) is 8.78. The van der Waals surface area contributed by atoms with Gasteiger partial charge in [-0.3, -0.25) is 9.20 Å². The van der Waals surface area contributed by atoms with E-state index in [1.807, 2.05) is 13.8 Å². The van der Waals surface area contributed by atoms with Crippen LogP contribution >= 0.6 is 0 Å². The second-order valence-corrected chi connectivity index (χ2v) is 6.00. The van der Waals surface area contributed by atoms with Crippen LogP contribution in [0.1, 0.15) is 46.8 Å². The minimum atomic E-state index is -0.452.